The van der Waals surface area contributed by atoms with E-state index in [2.05, 4.69) is 68.0 Å². The Morgan fingerprint density at radius 2 is 1.65 bits per heavy atom. The Balaban J connectivity index is 2.15. The Labute approximate surface area is 124 Å². The van der Waals surface area contributed by atoms with E-state index in [9.17, 15) is 0 Å². The molecule has 0 unspecified atom stereocenters. The molecule has 0 radical (unpaired) electrons. The number of likely N-dealkylation sites (tertiary alicyclic amines) is 1. The van der Waals surface area contributed by atoms with Crippen LogP contribution in [-0.2, 0) is 0 Å². The molecule has 0 saturated carbocycles. The van der Waals surface area contributed by atoms with Gasteiger partial charge in [0.05, 0.1) is 0 Å². The Hall–Kier alpha value is -0.860. The Bertz CT molecular complexity index is 388. The van der Waals surface area contributed by atoms with E-state index in [1.807, 2.05) is 0 Å². The summed E-state index contributed by atoms with van der Waals surface area (Å²) < 4.78 is 0. The minimum absolute atomic E-state index is 0.191. The summed E-state index contributed by atoms with van der Waals surface area (Å²) in [6.45, 7) is 10.6. The Kier molecular flexibility index (Phi) is 5.22. The molecular weight excluding hydrogens is 244 g/mol. The second kappa shape index (κ2) is 6.73. The van der Waals surface area contributed by atoms with E-state index in [4.69, 9.17) is 0 Å². The lowest BCUT2D eigenvalue weighted by Gasteiger charge is -2.42. The van der Waals surface area contributed by atoms with Gasteiger partial charge in [-0.25, -0.2) is 0 Å². The number of likely N-dealkylation sites (N-methyl/N-ethyl adjacent to an activating group) is 1. The van der Waals surface area contributed by atoms with Gasteiger partial charge in [0.25, 0.3) is 0 Å². The number of hydrogen-bond acceptors (Lipinski definition) is 2. The van der Waals surface area contributed by atoms with E-state index in [0.717, 1.165) is 6.54 Å². The molecule has 1 aromatic carbocycles. The van der Waals surface area contributed by atoms with Crippen LogP contribution in [0.1, 0.15) is 51.6 Å². The van der Waals surface area contributed by atoms with Crippen molar-refractivity contribution in [2.75, 3.05) is 26.7 Å². The van der Waals surface area contributed by atoms with Crippen LogP contribution in [0.15, 0.2) is 30.3 Å². The summed E-state index contributed by atoms with van der Waals surface area (Å²) in [4.78, 5) is 5.17. The van der Waals surface area contributed by atoms with E-state index in [1.165, 1.54) is 37.9 Å². The SMILES string of the molecule is CN([C@H](CN1CCCCC1)c1ccccc1)C(C)(C)C. The third kappa shape index (κ3) is 4.07. The average Bonchev–Trinajstić information content (AvgIpc) is 2.45. The molecule has 0 spiro atoms. The van der Waals surface area contributed by atoms with E-state index in [0.29, 0.717) is 6.04 Å². The summed E-state index contributed by atoms with van der Waals surface area (Å²) >= 11 is 0. The molecule has 1 aliphatic heterocycles. The van der Waals surface area contributed by atoms with Crippen LogP contribution in [0, 0.1) is 0 Å². The molecule has 0 bridgehead atoms. The first kappa shape index (κ1) is 15.5. The monoisotopic (exact) mass is 274 g/mol. The van der Waals surface area contributed by atoms with Gasteiger partial charge in [-0.1, -0.05) is 36.8 Å². The van der Waals surface area contributed by atoms with E-state index in [1.54, 1.807) is 0 Å². The highest BCUT2D eigenvalue weighted by molar-refractivity contribution is 5.20. The summed E-state index contributed by atoms with van der Waals surface area (Å²) in [5.41, 5.74) is 1.63. The Morgan fingerprint density at radius 3 is 2.20 bits per heavy atom. The fraction of sp³-hybridized carbons (Fsp3) is 0.667. The second-order valence-electron chi connectivity index (χ2n) is 7.07. The van der Waals surface area contributed by atoms with Gasteiger partial charge >= 0.3 is 0 Å². The normalized spacial score (nSPS) is 19.2. The van der Waals surface area contributed by atoms with Gasteiger partial charge in [-0.05, 0) is 59.3 Å². The molecule has 2 heteroatoms. The molecule has 0 aliphatic carbocycles. The fourth-order valence-corrected chi connectivity index (χ4v) is 2.98. The summed E-state index contributed by atoms with van der Waals surface area (Å²) in [7, 11) is 2.27. The maximum absolute atomic E-state index is 2.64. The molecule has 1 fully saturated rings. The lowest BCUT2D eigenvalue weighted by Crippen LogP contribution is -2.46. The van der Waals surface area contributed by atoms with Gasteiger partial charge in [0, 0.05) is 18.1 Å². The Morgan fingerprint density at radius 1 is 1.05 bits per heavy atom. The van der Waals surface area contributed by atoms with Crippen molar-refractivity contribution in [3.05, 3.63) is 35.9 Å². The van der Waals surface area contributed by atoms with Crippen LogP contribution in [0.5, 0.6) is 0 Å². The molecule has 112 valence electrons. The minimum atomic E-state index is 0.191. The van der Waals surface area contributed by atoms with Crippen molar-refractivity contribution < 1.29 is 0 Å². The molecule has 1 aliphatic rings. The first-order valence-electron chi connectivity index (χ1n) is 7.99. The smallest absolute Gasteiger partial charge is 0.0477 e. The first-order chi connectivity index (χ1) is 9.48. The predicted octanol–water partition coefficient (Wildman–Crippen LogP) is 3.94. The molecule has 2 nitrogen and oxygen atoms in total. The van der Waals surface area contributed by atoms with Gasteiger partial charge in [0.1, 0.15) is 0 Å². The van der Waals surface area contributed by atoms with Gasteiger partial charge in [-0.15, -0.1) is 0 Å². The van der Waals surface area contributed by atoms with Gasteiger partial charge in [0.2, 0.25) is 0 Å². The van der Waals surface area contributed by atoms with Gasteiger partial charge in [0.15, 0.2) is 0 Å². The van der Waals surface area contributed by atoms with Crippen LogP contribution in [0.4, 0.5) is 0 Å². The summed E-state index contributed by atoms with van der Waals surface area (Å²) in [6.07, 6.45) is 4.13. The quantitative estimate of drug-likeness (QED) is 0.820. The van der Waals surface area contributed by atoms with Crippen molar-refractivity contribution in [1.82, 2.24) is 9.80 Å². The maximum Gasteiger partial charge on any atom is 0.0477 e. The minimum Gasteiger partial charge on any atom is -0.301 e. The second-order valence-corrected chi connectivity index (χ2v) is 7.07. The van der Waals surface area contributed by atoms with Crippen LogP contribution < -0.4 is 0 Å². The maximum atomic E-state index is 2.64. The third-order valence-corrected chi connectivity index (χ3v) is 4.59. The molecule has 20 heavy (non-hydrogen) atoms. The highest BCUT2D eigenvalue weighted by atomic mass is 15.2. The molecular formula is C18H30N2. The zero-order valence-electron chi connectivity index (χ0n) is 13.6. The van der Waals surface area contributed by atoms with Gasteiger partial charge in [-0.2, -0.15) is 0 Å². The fourth-order valence-electron chi connectivity index (χ4n) is 2.98. The summed E-state index contributed by atoms with van der Waals surface area (Å²) in [5, 5.41) is 0. The van der Waals surface area contributed by atoms with Crippen molar-refractivity contribution in [3.63, 3.8) is 0 Å². The van der Waals surface area contributed by atoms with Crippen LogP contribution in [0.2, 0.25) is 0 Å². The lowest BCUT2D eigenvalue weighted by atomic mass is 9.97. The standard InChI is InChI=1S/C18H30N2/c1-18(2,3)19(4)17(16-11-7-5-8-12-16)15-20-13-9-6-10-14-20/h5,7-8,11-12,17H,6,9-10,13-15H2,1-4H3/t17-/m1/s1. The molecule has 0 amide bonds. The van der Waals surface area contributed by atoms with Crippen molar-refractivity contribution in [1.29, 1.82) is 0 Å². The van der Waals surface area contributed by atoms with E-state index < -0.39 is 0 Å². The largest absolute Gasteiger partial charge is 0.301 e. The number of hydrogen-bond donors (Lipinski definition) is 0. The van der Waals surface area contributed by atoms with Crippen LogP contribution >= 0.6 is 0 Å². The molecule has 1 saturated heterocycles. The average molecular weight is 274 g/mol. The van der Waals surface area contributed by atoms with Crippen LogP contribution in [0.3, 0.4) is 0 Å². The van der Waals surface area contributed by atoms with E-state index in [-0.39, 0.29) is 5.54 Å². The van der Waals surface area contributed by atoms with E-state index >= 15 is 0 Å². The molecule has 1 aromatic rings. The molecule has 2 rings (SSSR count). The van der Waals surface area contributed by atoms with Crippen molar-refractivity contribution in [2.24, 2.45) is 0 Å². The zero-order valence-corrected chi connectivity index (χ0v) is 13.6. The van der Waals surface area contributed by atoms with Crippen LogP contribution in [0.25, 0.3) is 0 Å². The van der Waals surface area contributed by atoms with Crippen molar-refractivity contribution in [3.8, 4) is 0 Å². The molecule has 1 heterocycles. The number of nitrogens with zero attached hydrogens (tertiary/aromatic N) is 2. The predicted molar refractivity (Wildman–Crippen MR) is 87.0 cm³/mol. The first-order valence-corrected chi connectivity index (χ1v) is 7.99. The topological polar surface area (TPSA) is 6.48 Å². The number of piperidine rings is 1. The molecule has 0 N–H and O–H groups in total. The lowest BCUT2D eigenvalue weighted by molar-refractivity contribution is 0.0776. The highest BCUT2D eigenvalue weighted by Crippen LogP contribution is 2.28. The summed E-state index contributed by atoms with van der Waals surface area (Å²) in [5.74, 6) is 0. The van der Waals surface area contributed by atoms with Crippen LogP contribution in [-0.4, -0.2) is 42.0 Å². The zero-order chi connectivity index (χ0) is 14.6. The number of benzene rings is 1. The van der Waals surface area contributed by atoms with Crippen molar-refractivity contribution in [2.45, 2.75) is 51.6 Å². The van der Waals surface area contributed by atoms with Gasteiger partial charge in [-0.3, -0.25) is 4.90 Å². The summed E-state index contributed by atoms with van der Waals surface area (Å²) in [6, 6.07) is 11.5. The molecule has 1 atom stereocenters. The third-order valence-electron chi connectivity index (χ3n) is 4.59. The molecule has 0 aromatic heterocycles. The highest BCUT2D eigenvalue weighted by Gasteiger charge is 2.28. The van der Waals surface area contributed by atoms with Crippen molar-refractivity contribution >= 4 is 0 Å². The number of rotatable bonds is 4. The van der Waals surface area contributed by atoms with Gasteiger partial charge < -0.3 is 4.90 Å².